The zero-order valence-corrected chi connectivity index (χ0v) is 10.4. The predicted octanol–water partition coefficient (Wildman–Crippen LogP) is 2.15. The molecule has 0 bridgehead atoms. The van der Waals surface area contributed by atoms with Crippen molar-refractivity contribution in [1.29, 1.82) is 0 Å². The van der Waals surface area contributed by atoms with Crippen molar-refractivity contribution in [2.45, 2.75) is 6.10 Å². The lowest BCUT2D eigenvalue weighted by Crippen LogP contribution is -2.26. The molecular weight excluding hydrogens is 258 g/mol. The molecule has 2 aliphatic rings. The summed E-state index contributed by atoms with van der Waals surface area (Å²) >= 11 is 5.63. The van der Waals surface area contributed by atoms with Gasteiger partial charge in [0.15, 0.2) is 11.5 Å². The van der Waals surface area contributed by atoms with Crippen molar-refractivity contribution in [2.75, 3.05) is 25.8 Å². The van der Waals surface area contributed by atoms with Crippen LogP contribution in [0.5, 0.6) is 11.5 Å². The Morgan fingerprint density at radius 1 is 1.33 bits per heavy atom. The molecule has 0 aliphatic carbocycles. The SMILES string of the molecule is O=C1OC(c2ccc3c(c2)OCO3)CN1CCCl. The van der Waals surface area contributed by atoms with Crippen molar-refractivity contribution in [2.24, 2.45) is 0 Å². The van der Waals surface area contributed by atoms with Gasteiger partial charge in [-0.05, 0) is 17.7 Å². The fraction of sp³-hybridized carbons (Fsp3) is 0.417. The van der Waals surface area contributed by atoms with E-state index < -0.39 is 0 Å². The van der Waals surface area contributed by atoms with Gasteiger partial charge in [0.1, 0.15) is 6.10 Å². The minimum Gasteiger partial charge on any atom is -0.454 e. The molecule has 96 valence electrons. The summed E-state index contributed by atoms with van der Waals surface area (Å²) in [6.45, 7) is 1.26. The highest BCUT2D eigenvalue weighted by molar-refractivity contribution is 6.18. The van der Waals surface area contributed by atoms with Crippen LogP contribution in [0.2, 0.25) is 0 Å². The quantitative estimate of drug-likeness (QED) is 0.789. The number of carbonyl (C=O) groups excluding carboxylic acids is 1. The van der Waals surface area contributed by atoms with E-state index in [9.17, 15) is 4.79 Å². The summed E-state index contributed by atoms with van der Waals surface area (Å²) < 4.78 is 15.8. The summed E-state index contributed by atoms with van der Waals surface area (Å²) in [6, 6.07) is 5.57. The number of alkyl halides is 1. The first-order valence-electron chi connectivity index (χ1n) is 5.69. The summed E-state index contributed by atoms with van der Waals surface area (Å²) in [5.74, 6) is 1.82. The fourth-order valence-electron chi connectivity index (χ4n) is 2.08. The van der Waals surface area contributed by atoms with Gasteiger partial charge in [0, 0.05) is 12.4 Å². The zero-order chi connectivity index (χ0) is 12.5. The highest BCUT2D eigenvalue weighted by Gasteiger charge is 2.32. The Morgan fingerprint density at radius 3 is 3.00 bits per heavy atom. The maximum Gasteiger partial charge on any atom is 0.410 e. The lowest BCUT2D eigenvalue weighted by Gasteiger charge is -2.10. The molecule has 1 unspecified atom stereocenters. The van der Waals surface area contributed by atoms with Gasteiger partial charge in [-0.15, -0.1) is 11.6 Å². The van der Waals surface area contributed by atoms with Crippen LogP contribution in [0.4, 0.5) is 4.79 Å². The summed E-state index contributed by atoms with van der Waals surface area (Å²) in [7, 11) is 0. The number of hydrogen-bond acceptors (Lipinski definition) is 4. The monoisotopic (exact) mass is 269 g/mol. The lowest BCUT2D eigenvalue weighted by atomic mass is 10.1. The molecule has 2 heterocycles. The van der Waals surface area contributed by atoms with Gasteiger partial charge in [-0.25, -0.2) is 4.79 Å². The van der Waals surface area contributed by atoms with Crippen LogP contribution in [-0.2, 0) is 4.74 Å². The smallest absolute Gasteiger partial charge is 0.410 e. The molecule has 0 spiro atoms. The van der Waals surface area contributed by atoms with E-state index in [1.807, 2.05) is 18.2 Å². The van der Waals surface area contributed by atoms with Gasteiger partial charge in [-0.1, -0.05) is 6.07 Å². The largest absolute Gasteiger partial charge is 0.454 e. The Morgan fingerprint density at radius 2 is 2.17 bits per heavy atom. The Hall–Kier alpha value is -1.62. The van der Waals surface area contributed by atoms with Crippen molar-refractivity contribution in [3.05, 3.63) is 23.8 Å². The van der Waals surface area contributed by atoms with Crippen LogP contribution in [0, 0.1) is 0 Å². The number of fused-ring (bicyclic) bond motifs is 1. The van der Waals surface area contributed by atoms with Crippen LogP contribution < -0.4 is 9.47 Å². The third-order valence-corrected chi connectivity index (χ3v) is 3.18. The van der Waals surface area contributed by atoms with E-state index in [-0.39, 0.29) is 19.0 Å². The molecule has 2 aliphatic heterocycles. The summed E-state index contributed by atoms with van der Waals surface area (Å²) in [4.78, 5) is 13.2. The number of halogens is 1. The van der Waals surface area contributed by atoms with E-state index in [2.05, 4.69) is 0 Å². The highest BCUT2D eigenvalue weighted by atomic mass is 35.5. The Balaban J connectivity index is 1.78. The third-order valence-electron chi connectivity index (χ3n) is 3.01. The van der Waals surface area contributed by atoms with Gasteiger partial charge in [0.2, 0.25) is 6.79 Å². The minimum atomic E-state index is -0.321. The number of benzene rings is 1. The Labute approximate surface area is 109 Å². The normalized spacial score (nSPS) is 21.3. The predicted molar refractivity (Wildman–Crippen MR) is 64.1 cm³/mol. The van der Waals surface area contributed by atoms with Crippen molar-refractivity contribution in [3.8, 4) is 11.5 Å². The molecule has 1 atom stereocenters. The average Bonchev–Trinajstić information content (AvgIpc) is 2.96. The first-order chi connectivity index (χ1) is 8.78. The molecule has 1 amide bonds. The number of ether oxygens (including phenoxy) is 3. The molecule has 3 rings (SSSR count). The molecular formula is C12H12ClNO4. The molecule has 1 saturated heterocycles. The van der Waals surface area contributed by atoms with Gasteiger partial charge in [-0.2, -0.15) is 0 Å². The second-order valence-corrected chi connectivity index (χ2v) is 4.50. The molecule has 0 aromatic heterocycles. The van der Waals surface area contributed by atoms with Crippen LogP contribution in [0.15, 0.2) is 18.2 Å². The van der Waals surface area contributed by atoms with Crippen molar-refractivity contribution >= 4 is 17.7 Å². The minimum absolute atomic E-state index is 0.238. The van der Waals surface area contributed by atoms with E-state index in [1.165, 1.54) is 0 Å². The van der Waals surface area contributed by atoms with Crippen LogP contribution in [0.3, 0.4) is 0 Å². The molecule has 1 fully saturated rings. The summed E-state index contributed by atoms with van der Waals surface area (Å²) in [6.07, 6.45) is -0.589. The molecule has 0 N–H and O–H groups in total. The number of cyclic esters (lactones) is 1. The standard InChI is InChI=1S/C12H12ClNO4/c13-3-4-14-6-11(18-12(14)15)8-1-2-9-10(5-8)17-7-16-9/h1-2,5,11H,3-4,6-7H2. The van der Waals surface area contributed by atoms with Crippen LogP contribution in [-0.4, -0.2) is 36.8 Å². The molecule has 1 aromatic carbocycles. The summed E-state index contributed by atoms with van der Waals surface area (Å²) in [5, 5.41) is 0. The number of carbonyl (C=O) groups is 1. The van der Waals surface area contributed by atoms with E-state index in [1.54, 1.807) is 4.90 Å². The fourth-order valence-corrected chi connectivity index (χ4v) is 2.28. The third kappa shape index (κ3) is 1.95. The molecule has 0 saturated carbocycles. The Kier molecular flexibility index (Phi) is 2.91. The number of amides is 1. The molecule has 6 heteroatoms. The van der Waals surface area contributed by atoms with E-state index in [4.69, 9.17) is 25.8 Å². The van der Waals surface area contributed by atoms with Gasteiger partial charge in [0.25, 0.3) is 0 Å². The maximum atomic E-state index is 11.6. The topological polar surface area (TPSA) is 48.0 Å². The van der Waals surface area contributed by atoms with Crippen LogP contribution in [0.25, 0.3) is 0 Å². The van der Waals surface area contributed by atoms with Crippen LogP contribution >= 0.6 is 11.6 Å². The van der Waals surface area contributed by atoms with E-state index in [0.717, 1.165) is 11.3 Å². The van der Waals surface area contributed by atoms with Gasteiger partial charge >= 0.3 is 6.09 Å². The Bertz CT molecular complexity index is 479. The second-order valence-electron chi connectivity index (χ2n) is 4.12. The molecule has 0 radical (unpaired) electrons. The molecule has 5 nitrogen and oxygen atoms in total. The van der Waals surface area contributed by atoms with Gasteiger partial charge in [-0.3, -0.25) is 0 Å². The van der Waals surface area contributed by atoms with E-state index in [0.29, 0.717) is 24.7 Å². The number of hydrogen-bond donors (Lipinski definition) is 0. The zero-order valence-electron chi connectivity index (χ0n) is 9.60. The average molecular weight is 270 g/mol. The van der Waals surface area contributed by atoms with Crippen molar-refractivity contribution in [1.82, 2.24) is 4.90 Å². The van der Waals surface area contributed by atoms with Crippen LogP contribution in [0.1, 0.15) is 11.7 Å². The van der Waals surface area contributed by atoms with Gasteiger partial charge in [0.05, 0.1) is 6.54 Å². The first-order valence-corrected chi connectivity index (χ1v) is 6.22. The summed E-state index contributed by atoms with van der Waals surface area (Å²) in [5.41, 5.74) is 0.907. The maximum absolute atomic E-state index is 11.6. The first kappa shape index (κ1) is 11.5. The number of rotatable bonds is 3. The van der Waals surface area contributed by atoms with Crippen molar-refractivity contribution < 1.29 is 19.0 Å². The van der Waals surface area contributed by atoms with Crippen molar-refractivity contribution in [3.63, 3.8) is 0 Å². The molecule has 18 heavy (non-hydrogen) atoms. The number of nitrogens with zero attached hydrogens (tertiary/aromatic N) is 1. The second kappa shape index (κ2) is 4.57. The highest BCUT2D eigenvalue weighted by Crippen LogP contribution is 2.36. The van der Waals surface area contributed by atoms with Gasteiger partial charge < -0.3 is 19.1 Å². The molecule has 1 aromatic rings. The lowest BCUT2D eigenvalue weighted by molar-refractivity contribution is 0.133. The van der Waals surface area contributed by atoms with E-state index >= 15 is 0 Å².